The van der Waals surface area contributed by atoms with Crippen molar-refractivity contribution in [2.45, 2.75) is 25.9 Å². The molecule has 0 aliphatic heterocycles. The van der Waals surface area contributed by atoms with Crippen LogP contribution in [0.15, 0.2) is 54.7 Å². The molecule has 0 amide bonds. The molecule has 0 radical (unpaired) electrons. The van der Waals surface area contributed by atoms with E-state index in [1.807, 2.05) is 19.2 Å². The summed E-state index contributed by atoms with van der Waals surface area (Å²) in [6.45, 7) is 2.68. The van der Waals surface area contributed by atoms with E-state index in [1.54, 1.807) is 12.1 Å². The summed E-state index contributed by atoms with van der Waals surface area (Å²) in [5.41, 5.74) is 9.23. The van der Waals surface area contributed by atoms with Crippen molar-refractivity contribution in [3.05, 3.63) is 71.7 Å². The first-order chi connectivity index (χ1) is 10.1. The van der Waals surface area contributed by atoms with Gasteiger partial charge in [-0.2, -0.15) is 0 Å². The molecular formula is C18H19FN2. The summed E-state index contributed by atoms with van der Waals surface area (Å²) in [5, 5.41) is 1.19. The highest BCUT2D eigenvalue weighted by molar-refractivity contribution is 5.81. The fraction of sp³-hybridized carbons (Fsp3) is 0.222. The summed E-state index contributed by atoms with van der Waals surface area (Å²) in [7, 11) is 0. The maximum Gasteiger partial charge on any atom is 0.123 e. The Hall–Kier alpha value is -2.13. The van der Waals surface area contributed by atoms with E-state index < -0.39 is 0 Å². The first kappa shape index (κ1) is 13.8. The van der Waals surface area contributed by atoms with Crippen molar-refractivity contribution in [3.8, 4) is 0 Å². The first-order valence-electron chi connectivity index (χ1n) is 7.19. The Morgan fingerprint density at radius 2 is 1.95 bits per heavy atom. The van der Waals surface area contributed by atoms with Gasteiger partial charge in [0.15, 0.2) is 0 Å². The Kier molecular flexibility index (Phi) is 3.76. The average Bonchev–Trinajstić information content (AvgIpc) is 2.81. The third-order valence-electron chi connectivity index (χ3n) is 3.64. The Labute approximate surface area is 124 Å². The van der Waals surface area contributed by atoms with E-state index in [4.69, 9.17) is 5.73 Å². The van der Waals surface area contributed by atoms with Gasteiger partial charge in [0.2, 0.25) is 0 Å². The Morgan fingerprint density at radius 1 is 1.10 bits per heavy atom. The largest absolute Gasteiger partial charge is 0.343 e. The van der Waals surface area contributed by atoms with Gasteiger partial charge in [-0.1, -0.05) is 24.3 Å². The number of rotatable bonds is 4. The molecule has 2 N–H and O–H groups in total. The molecule has 0 spiro atoms. The van der Waals surface area contributed by atoms with Crippen LogP contribution in [0.1, 0.15) is 18.1 Å². The summed E-state index contributed by atoms with van der Waals surface area (Å²) in [6.07, 6.45) is 2.91. The molecule has 1 unspecified atom stereocenters. The second kappa shape index (κ2) is 5.70. The molecule has 21 heavy (non-hydrogen) atoms. The predicted molar refractivity (Wildman–Crippen MR) is 84.8 cm³/mol. The zero-order valence-electron chi connectivity index (χ0n) is 12.1. The zero-order chi connectivity index (χ0) is 14.8. The van der Waals surface area contributed by atoms with Crippen LogP contribution < -0.4 is 5.73 Å². The maximum atomic E-state index is 13.3. The Bertz CT molecular complexity index is 759. The van der Waals surface area contributed by atoms with Crippen LogP contribution in [0.5, 0.6) is 0 Å². The molecule has 1 aromatic heterocycles. The molecule has 0 saturated carbocycles. The zero-order valence-corrected chi connectivity index (χ0v) is 12.1. The highest BCUT2D eigenvalue weighted by Gasteiger charge is 2.05. The smallest absolute Gasteiger partial charge is 0.123 e. The fourth-order valence-electron chi connectivity index (χ4n) is 2.70. The lowest BCUT2D eigenvalue weighted by atomic mass is 10.1. The number of halogens is 1. The van der Waals surface area contributed by atoms with Crippen molar-refractivity contribution in [1.29, 1.82) is 0 Å². The van der Waals surface area contributed by atoms with Crippen LogP contribution in [-0.4, -0.2) is 10.6 Å². The van der Waals surface area contributed by atoms with Crippen LogP contribution in [0.25, 0.3) is 10.9 Å². The van der Waals surface area contributed by atoms with Gasteiger partial charge in [0, 0.05) is 24.3 Å². The van der Waals surface area contributed by atoms with Crippen molar-refractivity contribution in [2.75, 3.05) is 0 Å². The lowest BCUT2D eigenvalue weighted by Gasteiger charge is -2.09. The van der Waals surface area contributed by atoms with Crippen molar-refractivity contribution in [3.63, 3.8) is 0 Å². The van der Waals surface area contributed by atoms with Gasteiger partial charge in [0.25, 0.3) is 0 Å². The number of hydrogen-bond donors (Lipinski definition) is 1. The molecular weight excluding hydrogens is 263 g/mol. The van der Waals surface area contributed by atoms with E-state index in [0.717, 1.165) is 17.5 Å². The SMILES string of the molecule is CC(N)Cc1ccc2ccn(Cc3cccc(F)c3)c2c1. The molecule has 2 aromatic carbocycles. The lowest BCUT2D eigenvalue weighted by molar-refractivity contribution is 0.624. The minimum Gasteiger partial charge on any atom is -0.343 e. The maximum absolute atomic E-state index is 13.3. The van der Waals surface area contributed by atoms with Gasteiger partial charge >= 0.3 is 0 Å². The number of fused-ring (bicyclic) bond motifs is 1. The van der Waals surface area contributed by atoms with E-state index in [2.05, 4.69) is 28.8 Å². The third-order valence-corrected chi connectivity index (χ3v) is 3.64. The van der Waals surface area contributed by atoms with Crippen LogP contribution in [0, 0.1) is 5.82 Å². The van der Waals surface area contributed by atoms with E-state index in [9.17, 15) is 4.39 Å². The number of nitrogens with zero attached hydrogens (tertiary/aromatic N) is 1. The van der Waals surface area contributed by atoms with Gasteiger partial charge in [-0.25, -0.2) is 4.39 Å². The molecule has 0 bridgehead atoms. The molecule has 0 saturated heterocycles. The molecule has 2 nitrogen and oxygen atoms in total. The van der Waals surface area contributed by atoms with E-state index in [1.165, 1.54) is 17.0 Å². The van der Waals surface area contributed by atoms with Crippen LogP contribution in [0.2, 0.25) is 0 Å². The Balaban J connectivity index is 1.94. The monoisotopic (exact) mass is 282 g/mol. The number of hydrogen-bond acceptors (Lipinski definition) is 1. The highest BCUT2D eigenvalue weighted by atomic mass is 19.1. The highest BCUT2D eigenvalue weighted by Crippen LogP contribution is 2.20. The minimum absolute atomic E-state index is 0.147. The molecule has 1 heterocycles. The minimum atomic E-state index is -0.193. The average molecular weight is 282 g/mol. The topological polar surface area (TPSA) is 30.9 Å². The summed E-state index contributed by atoms with van der Waals surface area (Å²) >= 11 is 0. The Morgan fingerprint density at radius 3 is 2.71 bits per heavy atom. The molecule has 3 rings (SSSR count). The van der Waals surface area contributed by atoms with E-state index >= 15 is 0 Å². The normalized spacial score (nSPS) is 12.7. The molecule has 0 fully saturated rings. The van der Waals surface area contributed by atoms with Gasteiger partial charge in [-0.3, -0.25) is 0 Å². The summed E-state index contributed by atoms with van der Waals surface area (Å²) in [4.78, 5) is 0. The summed E-state index contributed by atoms with van der Waals surface area (Å²) in [6, 6.07) is 15.4. The molecule has 3 heteroatoms. The second-order valence-corrected chi connectivity index (χ2v) is 5.65. The van der Waals surface area contributed by atoms with Crippen molar-refractivity contribution >= 4 is 10.9 Å². The molecule has 0 aliphatic carbocycles. The number of aromatic nitrogens is 1. The first-order valence-corrected chi connectivity index (χ1v) is 7.19. The standard InChI is InChI=1S/C18H19FN2/c1-13(20)9-14-5-6-16-7-8-21(18(16)11-14)12-15-3-2-4-17(19)10-15/h2-8,10-11,13H,9,12,20H2,1H3. The van der Waals surface area contributed by atoms with E-state index in [-0.39, 0.29) is 11.9 Å². The van der Waals surface area contributed by atoms with Crippen molar-refractivity contribution < 1.29 is 4.39 Å². The summed E-state index contributed by atoms with van der Waals surface area (Å²) in [5.74, 6) is -0.193. The number of nitrogens with two attached hydrogens (primary N) is 1. The second-order valence-electron chi connectivity index (χ2n) is 5.65. The predicted octanol–water partition coefficient (Wildman–Crippen LogP) is 3.72. The van der Waals surface area contributed by atoms with Crippen molar-refractivity contribution in [1.82, 2.24) is 4.57 Å². The molecule has 3 aromatic rings. The van der Waals surface area contributed by atoms with E-state index in [0.29, 0.717) is 6.54 Å². The van der Waals surface area contributed by atoms with Crippen molar-refractivity contribution in [2.24, 2.45) is 5.73 Å². The fourth-order valence-corrected chi connectivity index (χ4v) is 2.70. The molecule has 1 atom stereocenters. The van der Waals surface area contributed by atoms with Gasteiger partial charge in [0.05, 0.1) is 0 Å². The van der Waals surface area contributed by atoms with Gasteiger partial charge in [-0.05, 0) is 54.1 Å². The quantitative estimate of drug-likeness (QED) is 0.777. The van der Waals surface area contributed by atoms with Crippen LogP contribution in [-0.2, 0) is 13.0 Å². The summed E-state index contributed by atoms with van der Waals surface area (Å²) < 4.78 is 15.4. The number of benzene rings is 2. The lowest BCUT2D eigenvalue weighted by Crippen LogP contribution is -2.17. The molecule has 0 aliphatic rings. The van der Waals surface area contributed by atoms with Crippen LogP contribution in [0.3, 0.4) is 0 Å². The third kappa shape index (κ3) is 3.14. The molecule has 108 valence electrons. The van der Waals surface area contributed by atoms with Crippen LogP contribution >= 0.6 is 0 Å². The van der Waals surface area contributed by atoms with Crippen LogP contribution in [0.4, 0.5) is 4.39 Å². The van der Waals surface area contributed by atoms with Gasteiger partial charge in [-0.15, -0.1) is 0 Å². The van der Waals surface area contributed by atoms with Gasteiger partial charge < -0.3 is 10.3 Å². The van der Waals surface area contributed by atoms with Gasteiger partial charge in [0.1, 0.15) is 5.82 Å².